The second kappa shape index (κ2) is 5.07. The Morgan fingerprint density at radius 1 is 1.38 bits per heavy atom. The van der Waals surface area contributed by atoms with E-state index in [-0.39, 0.29) is 4.90 Å². The summed E-state index contributed by atoms with van der Waals surface area (Å²) in [7, 11) is -0.464. The molecule has 0 amide bonds. The van der Waals surface area contributed by atoms with Crippen LogP contribution in [0.3, 0.4) is 0 Å². The van der Waals surface area contributed by atoms with Crippen LogP contribution in [0.15, 0.2) is 28.0 Å². The summed E-state index contributed by atoms with van der Waals surface area (Å²) in [4.78, 5) is 0.987. The second-order valence-corrected chi connectivity index (χ2v) is 6.81. The SMILES string of the molecule is CCSc1cccc(S(=O)(=O)N(C)C)c1N. The average Bonchev–Trinajstić information content (AvgIpc) is 2.21. The van der Waals surface area contributed by atoms with Gasteiger partial charge >= 0.3 is 0 Å². The van der Waals surface area contributed by atoms with E-state index in [0.717, 1.165) is 10.6 Å². The zero-order valence-corrected chi connectivity index (χ0v) is 11.2. The van der Waals surface area contributed by atoms with Crippen molar-refractivity contribution < 1.29 is 8.42 Å². The largest absolute Gasteiger partial charge is 0.397 e. The van der Waals surface area contributed by atoms with Crippen LogP contribution in [-0.2, 0) is 10.0 Å². The molecule has 0 aliphatic heterocycles. The van der Waals surface area contributed by atoms with E-state index in [1.54, 1.807) is 6.07 Å². The maximum absolute atomic E-state index is 11.9. The van der Waals surface area contributed by atoms with Crippen LogP contribution in [0.2, 0.25) is 0 Å². The first-order valence-electron chi connectivity index (χ1n) is 4.85. The number of nitrogens with two attached hydrogens (primary N) is 1. The molecule has 0 spiro atoms. The maximum Gasteiger partial charge on any atom is 0.244 e. The fraction of sp³-hybridized carbons (Fsp3) is 0.400. The summed E-state index contributed by atoms with van der Waals surface area (Å²) in [6.07, 6.45) is 0. The minimum absolute atomic E-state index is 0.177. The lowest BCUT2D eigenvalue weighted by molar-refractivity contribution is 0.521. The number of nitrogens with zero attached hydrogens (tertiary/aromatic N) is 1. The molecule has 1 aromatic rings. The average molecular weight is 260 g/mol. The molecule has 90 valence electrons. The standard InChI is InChI=1S/C10H16N2O2S2/c1-4-15-8-6-5-7-9(10(8)11)16(13,14)12(2)3/h5-7H,4,11H2,1-3H3. The predicted octanol–water partition coefficient (Wildman–Crippen LogP) is 1.63. The van der Waals surface area contributed by atoms with Crippen molar-refractivity contribution in [2.45, 2.75) is 16.7 Å². The van der Waals surface area contributed by atoms with E-state index in [1.165, 1.54) is 36.2 Å². The van der Waals surface area contributed by atoms with Gasteiger partial charge in [0.2, 0.25) is 10.0 Å². The number of anilines is 1. The van der Waals surface area contributed by atoms with Crippen molar-refractivity contribution in [3.63, 3.8) is 0 Å². The van der Waals surface area contributed by atoms with Gasteiger partial charge in [-0.05, 0) is 17.9 Å². The Kier molecular flexibility index (Phi) is 4.23. The Morgan fingerprint density at radius 3 is 2.50 bits per heavy atom. The smallest absolute Gasteiger partial charge is 0.244 e. The molecule has 6 heteroatoms. The Bertz CT molecular complexity index is 470. The number of thioether (sulfide) groups is 1. The molecule has 0 aliphatic rings. The zero-order valence-electron chi connectivity index (χ0n) is 9.60. The Balaban J connectivity index is 3.31. The minimum Gasteiger partial charge on any atom is -0.397 e. The van der Waals surface area contributed by atoms with Gasteiger partial charge in [-0.2, -0.15) is 0 Å². The molecule has 0 unspecified atom stereocenters. The van der Waals surface area contributed by atoms with Gasteiger partial charge in [0.05, 0.1) is 5.69 Å². The summed E-state index contributed by atoms with van der Waals surface area (Å²) in [5, 5.41) is 0. The third-order valence-electron chi connectivity index (χ3n) is 2.08. The highest BCUT2D eigenvalue weighted by atomic mass is 32.2. The molecule has 0 aliphatic carbocycles. The Labute approximate surface area is 101 Å². The van der Waals surface area contributed by atoms with E-state index < -0.39 is 10.0 Å². The quantitative estimate of drug-likeness (QED) is 0.660. The van der Waals surface area contributed by atoms with E-state index in [4.69, 9.17) is 5.73 Å². The summed E-state index contributed by atoms with van der Waals surface area (Å²) in [5.41, 5.74) is 6.20. The van der Waals surface area contributed by atoms with Gasteiger partial charge in [0.15, 0.2) is 0 Å². The highest BCUT2D eigenvalue weighted by molar-refractivity contribution is 7.99. The van der Waals surface area contributed by atoms with Crippen LogP contribution in [0.25, 0.3) is 0 Å². The fourth-order valence-corrected chi connectivity index (χ4v) is 3.07. The number of nitrogen functional groups attached to an aromatic ring is 1. The lowest BCUT2D eigenvalue weighted by Gasteiger charge is -2.14. The van der Waals surface area contributed by atoms with E-state index in [2.05, 4.69) is 0 Å². The zero-order chi connectivity index (χ0) is 12.3. The molecule has 16 heavy (non-hydrogen) atoms. The monoisotopic (exact) mass is 260 g/mol. The third-order valence-corrected chi connectivity index (χ3v) is 4.91. The van der Waals surface area contributed by atoms with Gasteiger partial charge in [-0.3, -0.25) is 0 Å². The molecule has 0 fully saturated rings. The number of hydrogen-bond donors (Lipinski definition) is 1. The van der Waals surface area contributed by atoms with Gasteiger partial charge in [0, 0.05) is 19.0 Å². The van der Waals surface area contributed by atoms with Crippen molar-refractivity contribution >= 4 is 27.5 Å². The molecule has 4 nitrogen and oxygen atoms in total. The first-order valence-corrected chi connectivity index (χ1v) is 7.27. The number of rotatable bonds is 4. The van der Waals surface area contributed by atoms with Crippen molar-refractivity contribution in [1.82, 2.24) is 4.31 Å². The van der Waals surface area contributed by atoms with Crippen LogP contribution >= 0.6 is 11.8 Å². The van der Waals surface area contributed by atoms with Crippen LogP contribution < -0.4 is 5.73 Å². The van der Waals surface area contributed by atoms with Gasteiger partial charge in [-0.1, -0.05) is 13.0 Å². The van der Waals surface area contributed by atoms with E-state index in [1.807, 2.05) is 13.0 Å². The van der Waals surface area contributed by atoms with Gasteiger partial charge in [0.25, 0.3) is 0 Å². The van der Waals surface area contributed by atoms with Gasteiger partial charge < -0.3 is 5.73 Å². The summed E-state index contributed by atoms with van der Waals surface area (Å²) in [5.74, 6) is 0.857. The topological polar surface area (TPSA) is 63.4 Å². The van der Waals surface area contributed by atoms with Gasteiger partial charge in [-0.15, -0.1) is 11.8 Å². The van der Waals surface area contributed by atoms with Crippen LogP contribution in [0.4, 0.5) is 5.69 Å². The van der Waals surface area contributed by atoms with Crippen LogP contribution in [0, 0.1) is 0 Å². The van der Waals surface area contributed by atoms with Crippen molar-refractivity contribution in [2.24, 2.45) is 0 Å². The molecule has 0 atom stereocenters. The second-order valence-electron chi connectivity index (χ2n) is 3.39. The normalized spacial score (nSPS) is 12.0. The maximum atomic E-state index is 11.9. The van der Waals surface area contributed by atoms with Crippen LogP contribution in [-0.4, -0.2) is 32.6 Å². The number of hydrogen-bond acceptors (Lipinski definition) is 4. The first-order chi connectivity index (χ1) is 7.41. The molecule has 0 heterocycles. The lowest BCUT2D eigenvalue weighted by atomic mass is 10.3. The molecular weight excluding hydrogens is 244 g/mol. The number of para-hydroxylation sites is 1. The number of sulfonamides is 1. The van der Waals surface area contributed by atoms with Crippen LogP contribution in [0.1, 0.15) is 6.92 Å². The molecule has 2 N–H and O–H groups in total. The number of benzene rings is 1. The van der Waals surface area contributed by atoms with Crippen molar-refractivity contribution in [3.8, 4) is 0 Å². The third kappa shape index (κ3) is 2.50. The van der Waals surface area contributed by atoms with Gasteiger partial charge in [-0.25, -0.2) is 12.7 Å². The fourth-order valence-electron chi connectivity index (χ4n) is 1.23. The van der Waals surface area contributed by atoms with E-state index >= 15 is 0 Å². The minimum atomic E-state index is -3.45. The van der Waals surface area contributed by atoms with Crippen molar-refractivity contribution in [1.29, 1.82) is 0 Å². The Morgan fingerprint density at radius 2 is 2.00 bits per heavy atom. The highest BCUT2D eigenvalue weighted by Gasteiger charge is 2.21. The highest BCUT2D eigenvalue weighted by Crippen LogP contribution is 2.31. The van der Waals surface area contributed by atoms with Gasteiger partial charge in [0.1, 0.15) is 4.90 Å². The molecule has 0 saturated heterocycles. The Hall–Kier alpha value is -0.720. The summed E-state index contributed by atoms with van der Waals surface area (Å²) < 4.78 is 25.1. The molecule has 0 radical (unpaired) electrons. The molecule has 0 aromatic heterocycles. The van der Waals surface area contributed by atoms with Crippen molar-refractivity contribution in [2.75, 3.05) is 25.6 Å². The molecule has 0 bridgehead atoms. The summed E-state index contributed by atoms with van der Waals surface area (Å²) >= 11 is 1.54. The summed E-state index contributed by atoms with van der Waals surface area (Å²) in [6.45, 7) is 2.00. The first kappa shape index (κ1) is 13.3. The lowest BCUT2D eigenvalue weighted by Crippen LogP contribution is -2.23. The molecule has 1 aromatic carbocycles. The molecule has 0 saturated carbocycles. The van der Waals surface area contributed by atoms with E-state index in [9.17, 15) is 8.42 Å². The van der Waals surface area contributed by atoms with Crippen LogP contribution in [0.5, 0.6) is 0 Å². The predicted molar refractivity (Wildman–Crippen MR) is 68.1 cm³/mol. The molecule has 1 rings (SSSR count). The summed E-state index contributed by atoms with van der Waals surface area (Å²) in [6, 6.07) is 5.08. The van der Waals surface area contributed by atoms with Crippen molar-refractivity contribution in [3.05, 3.63) is 18.2 Å². The molecular formula is C10H16N2O2S2. The van der Waals surface area contributed by atoms with E-state index in [0.29, 0.717) is 5.69 Å².